The molecular weight excluding hydrogens is 351 g/mol. The maximum atomic E-state index is 13.1. The predicted octanol–water partition coefficient (Wildman–Crippen LogP) is 3.86. The second kappa shape index (κ2) is 4.99. The van der Waals surface area contributed by atoms with Gasteiger partial charge < -0.3 is 5.32 Å². The van der Waals surface area contributed by atoms with E-state index in [1.54, 1.807) is 0 Å². The first kappa shape index (κ1) is 15.7. The molecule has 0 bridgehead atoms. The minimum Gasteiger partial charge on any atom is -0.316 e. The quantitative estimate of drug-likeness (QED) is 0.803. The lowest BCUT2D eigenvalue weighted by atomic mass is 10.2. The van der Waals surface area contributed by atoms with Crippen LogP contribution in [0.5, 0.6) is 0 Å². The number of nitrogens with one attached hydrogen (secondary N) is 1. The smallest absolute Gasteiger partial charge is 0.316 e. The number of carbonyl (C=O) groups is 1. The fourth-order valence-electron chi connectivity index (χ4n) is 0.982. The van der Waals surface area contributed by atoms with Crippen LogP contribution in [-0.4, -0.2) is 18.0 Å². The van der Waals surface area contributed by atoms with Gasteiger partial charge in [0.15, 0.2) is 11.6 Å². The molecule has 2 nitrogen and oxygen atoms in total. The molecule has 0 aliphatic rings. The van der Waals surface area contributed by atoms with E-state index < -0.39 is 35.3 Å². The zero-order valence-electron chi connectivity index (χ0n) is 8.59. The second-order valence-corrected chi connectivity index (χ2v) is 4.19. The molecule has 1 aromatic carbocycles. The Balaban J connectivity index is 3.08. The predicted molar refractivity (Wildman–Crippen MR) is 53.7 cm³/mol. The van der Waals surface area contributed by atoms with Crippen LogP contribution in [0.25, 0.3) is 0 Å². The van der Waals surface area contributed by atoms with E-state index in [1.807, 2.05) is 0 Å². The van der Waals surface area contributed by atoms with Crippen molar-refractivity contribution in [3.63, 3.8) is 0 Å². The molecule has 0 unspecified atom stereocenters. The average molecular weight is 354 g/mol. The molecule has 0 radical (unpaired) electrons. The lowest BCUT2D eigenvalue weighted by Gasteiger charge is -2.19. The zero-order valence-corrected chi connectivity index (χ0v) is 10.2. The van der Waals surface area contributed by atoms with E-state index in [4.69, 9.17) is 0 Å². The van der Waals surface area contributed by atoms with E-state index in [0.717, 1.165) is 5.32 Å². The topological polar surface area (TPSA) is 29.1 Å². The van der Waals surface area contributed by atoms with Gasteiger partial charge in [0.25, 0.3) is 0 Å². The van der Waals surface area contributed by atoms with Crippen molar-refractivity contribution in [3.8, 4) is 0 Å². The van der Waals surface area contributed by atoms with E-state index in [1.165, 1.54) is 0 Å². The SMILES string of the molecule is O=C(Nc1c(F)cc(Br)cc1F)C(F)(F)C(F)(F)F. The number of hydrogen-bond acceptors (Lipinski definition) is 1. The Morgan fingerprint density at radius 1 is 1.05 bits per heavy atom. The zero-order chi connectivity index (χ0) is 15.0. The van der Waals surface area contributed by atoms with E-state index in [0.29, 0.717) is 12.1 Å². The lowest BCUT2D eigenvalue weighted by Crippen LogP contribution is -2.47. The third kappa shape index (κ3) is 3.17. The van der Waals surface area contributed by atoms with Gasteiger partial charge in [-0.05, 0) is 12.1 Å². The first-order valence-corrected chi connectivity index (χ1v) is 5.16. The summed E-state index contributed by atoms with van der Waals surface area (Å²) in [4.78, 5) is 10.7. The molecule has 1 amide bonds. The van der Waals surface area contributed by atoms with Crippen LogP contribution < -0.4 is 5.32 Å². The van der Waals surface area contributed by atoms with Crippen molar-refractivity contribution < 1.29 is 35.5 Å². The van der Waals surface area contributed by atoms with Crippen LogP contribution in [-0.2, 0) is 4.79 Å². The Kier molecular flexibility index (Phi) is 4.13. The van der Waals surface area contributed by atoms with Crippen molar-refractivity contribution in [2.45, 2.75) is 12.1 Å². The fourth-order valence-corrected chi connectivity index (χ4v) is 1.38. The molecule has 1 rings (SSSR count). The minimum atomic E-state index is -6.17. The van der Waals surface area contributed by atoms with Gasteiger partial charge in [-0.2, -0.15) is 22.0 Å². The molecule has 0 saturated heterocycles. The standard InChI is InChI=1S/C9H3BrF7NO/c10-3-1-4(11)6(5(12)2-3)18-7(19)8(13,14)9(15,16)17/h1-2H,(H,18,19). The third-order valence-electron chi connectivity index (χ3n) is 1.89. The van der Waals surface area contributed by atoms with Crippen LogP contribution >= 0.6 is 15.9 Å². The van der Waals surface area contributed by atoms with Crippen LogP contribution in [0.2, 0.25) is 0 Å². The first-order chi connectivity index (χ1) is 8.46. The highest BCUT2D eigenvalue weighted by Crippen LogP contribution is 2.36. The van der Waals surface area contributed by atoms with Gasteiger partial charge >= 0.3 is 18.0 Å². The molecule has 0 aliphatic heterocycles. The van der Waals surface area contributed by atoms with Gasteiger partial charge in [0.1, 0.15) is 5.69 Å². The van der Waals surface area contributed by atoms with Crippen molar-refractivity contribution >= 4 is 27.5 Å². The molecule has 0 saturated carbocycles. The van der Waals surface area contributed by atoms with Gasteiger partial charge in [-0.1, -0.05) is 15.9 Å². The molecule has 1 aromatic rings. The number of rotatable bonds is 2. The highest BCUT2D eigenvalue weighted by Gasteiger charge is 2.63. The van der Waals surface area contributed by atoms with Crippen molar-refractivity contribution in [3.05, 3.63) is 28.2 Å². The highest BCUT2D eigenvalue weighted by atomic mass is 79.9. The summed E-state index contributed by atoms with van der Waals surface area (Å²) in [5, 5.41) is 0.873. The van der Waals surface area contributed by atoms with E-state index >= 15 is 0 Å². The fraction of sp³-hybridized carbons (Fsp3) is 0.222. The molecule has 1 N–H and O–H groups in total. The van der Waals surface area contributed by atoms with Gasteiger partial charge in [0.2, 0.25) is 0 Å². The van der Waals surface area contributed by atoms with Crippen molar-refractivity contribution in [2.75, 3.05) is 5.32 Å². The number of benzene rings is 1. The normalized spacial score (nSPS) is 12.4. The summed E-state index contributed by atoms with van der Waals surface area (Å²) in [7, 11) is 0. The third-order valence-corrected chi connectivity index (χ3v) is 2.34. The maximum Gasteiger partial charge on any atom is 0.463 e. The Bertz CT molecular complexity index is 491. The van der Waals surface area contributed by atoms with E-state index in [2.05, 4.69) is 15.9 Å². The van der Waals surface area contributed by atoms with E-state index in [-0.39, 0.29) is 4.47 Å². The van der Waals surface area contributed by atoms with Crippen molar-refractivity contribution in [1.82, 2.24) is 0 Å². The number of anilines is 1. The number of alkyl halides is 5. The molecule has 19 heavy (non-hydrogen) atoms. The average Bonchev–Trinajstić information content (AvgIpc) is 2.21. The summed E-state index contributed by atoms with van der Waals surface area (Å²) < 4.78 is 86.8. The summed E-state index contributed by atoms with van der Waals surface area (Å²) in [6.07, 6.45) is -6.17. The van der Waals surface area contributed by atoms with Gasteiger partial charge in [0, 0.05) is 4.47 Å². The molecular formula is C9H3BrF7NO. The van der Waals surface area contributed by atoms with Crippen LogP contribution in [0.3, 0.4) is 0 Å². The first-order valence-electron chi connectivity index (χ1n) is 4.37. The molecule has 106 valence electrons. The maximum absolute atomic E-state index is 13.1. The highest BCUT2D eigenvalue weighted by molar-refractivity contribution is 9.10. The molecule has 0 aliphatic carbocycles. The minimum absolute atomic E-state index is 0.122. The van der Waals surface area contributed by atoms with Crippen LogP contribution in [0.4, 0.5) is 36.4 Å². The van der Waals surface area contributed by atoms with E-state index in [9.17, 15) is 35.5 Å². The Hall–Kier alpha value is -1.32. The number of hydrogen-bond donors (Lipinski definition) is 1. The molecule has 0 heterocycles. The molecule has 0 fully saturated rings. The van der Waals surface area contributed by atoms with Crippen molar-refractivity contribution in [2.24, 2.45) is 0 Å². The molecule has 0 spiro atoms. The lowest BCUT2D eigenvalue weighted by molar-refractivity contribution is -0.267. The van der Waals surface area contributed by atoms with Crippen molar-refractivity contribution in [1.29, 1.82) is 0 Å². The molecule has 10 heteroatoms. The summed E-state index contributed by atoms with van der Waals surface area (Å²) in [6.45, 7) is 0. The van der Waals surface area contributed by atoms with Crippen LogP contribution in [0.15, 0.2) is 16.6 Å². The van der Waals surface area contributed by atoms with Crippen LogP contribution in [0, 0.1) is 11.6 Å². The van der Waals surface area contributed by atoms with Gasteiger partial charge in [-0.15, -0.1) is 0 Å². The number of amides is 1. The Morgan fingerprint density at radius 3 is 1.84 bits per heavy atom. The Labute approximate surface area is 109 Å². The molecule has 0 atom stereocenters. The molecule has 0 aromatic heterocycles. The monoisotopic (exact) mass is 353 g/mol. The largest absolute Gasteiger partial charge is 0.463 e. The number of carbonyl (C=O) groups excluding carboxylic acids is 1. The van der Waals surface area contributed by atoms with Gasteiger partial charge in [0.05, 0.1) is 0 Å². The summed E-state index contributed by atoms with van der Waals surface area (Å²) in [5.41, 5.74) is -1.39. The summed E-state index contributed by atoms with van der Waals surface area (Å²) in [6, 6.07) is 1.18. The van der Waals surface area contributed by atoms with Crippen LogP contribution in [0.1, 0.15) is 0 Å². The second-order valence-electron chi connectivity index (χ2n) is 3.27. The number of halogens is 8. The van der Waals surface area contributed by atoms with Gasteiger partial charge in [-0.25, -0.2) is 8.78 Å². The Morgan fingerprint density at radius 2 is 1.47 bits per heavy atom. The summed E-state index contributed by atoms with van der Waals surface area (Å²) >= 11 is 2.66. The summed E-state index contributed by atoms with van der Waals surface area (Å²) in [5.74, 6) is -11.6. The van der Waals surface area contributed by atoms with Gasteiger partial charge in [-0.3, -0.25) is 4.79 Å².